The molecule has 0 fully saturated rings. The number of guanidine groups is 1. The second kappa shape index (κ2) is 10.2. The van der Waals surface area contributed by atoms with E-state index in [-0.39, 0.29) is 5.41 Å². The van der Waals surface area contributed by atoms with E-state index < -0.39 is 0 Å². The first-order valence-corrected chi connectivity index (χ1v) is 9.97. The standard InChI is InChI=1S/C22H34N4O2/c1-7-23-21(26-14-20-24-13-19(28-20)22(4,5)6)25-12-17-9-8-10-18(11-17)27-15-16(2)3/h8-11,13,16H,7,12,14-15H2,1-6H3,(H2,23,25,26). The SMILES string of the molecule is CCNC(=NCc1cccc(OCC(C)C)c1)NCc1ncc(C(C)(C)C)o1. The maximum absolute atomic E-state index is 5.83. The van der Waals surface area contributed by atoms with Crippen LogP contribution in [0.25, 0.3) is 0 Å². The number of oxazole rings is 1. The molecule has 0 amide bonds. The van der Waals surface area contributed by atoms with Crippen LogP contribution in [-0.4, -0.2) is 24.1 Å². The molecule has 0 saturated carbocycles. The molecular weight excluding hydrogens is 352 g/mol. The Morgan fingerprint density at radius 1 is 1.25 bits per heavy atom. The van der Waals surface area contributed by atoms with Gasteiger partial charge in [-0.05, 0) is 30.5 Å². The smallest absolute Gasteiger partial charge is 0.213 e. The van der Waals surface area contributed by atoms with Crippen molar-refractivity contribution in [3.63, 3.8) is 0 Å². The van der Waals surface area contributed by atoms with Crippen molar-refractivity contribution < 1.29 is 9.15 Å². The van der Waals surface area contributed by atoms with Crippen LogP contribution >= 0.6 is 0 Å². The van der Waals surface area contributed by atoms with Crippen molar-refractivity contribution in [2.24, 2.45) is 10.9 Å². The van der Waals surface area contributed by atoms with Gasteiger partial charge in [0.05, 0.1) is 25.9 Å². The number of benzene rings is 1. The monoisotopic (exact) mass is 386 g/mol. The summed E-state index contributed by atoms with van der Waals surface area (Å²) in [5.74, 6) is 3.64. The van der Waals surface area contributed by atoms with Crippen LogP contribution in [0.2, 0.25) is 0 Å². The Labute approximate surface area is 168 Å². The number of nitrogens with zero attached hydrogens (tertiary/aromatic N) is 2. The predicted octanol–water partition coefficient (Wildman–Crippen LogP) is 4.26. The maximum atomic E-state index is 5.83. The minimum Gasteiger partial charge on any atom is -0.493 e. The van der Waals surface area contributed by atoms with Gasteiger partial charge in [-0.1, -0.05) is 46.8 Å². The van der Waals surface area contributed by atoms with E-state index in [0.29, 0.717) is 31.5 Å². The molecule has 0 saturated heterocycles. The van der Waals surface area contributed by atoms with E-state index >= 15 is 0 Å². The summed E-state index contributed by atoms with van der Waals surface area (Å²) in [6.45, 7) is 15.2. The van der Waals surface area contributed by atoms with E-state index in [0.717, 1.165) is 29.6 Å². The van der Waals surface area contributed by atoms with E-state index in [1.807, 2.05) is 25.1 Å². The van der Waals surface area contributed by atoms with E-state index in [4.69, 9.17) is 9.15 Å². The first-order valence-electron chi connectivity index (χ1n) is 9.97. The molecule has 6 nitrogen and oxygen atoms in total. The van der Waals surface area contributed by atoms with Gasteiger partial charge in [0.15, 0.2) is 5.96 Å². The number of rotatable bonds is 8. The molecule has 2 N–H and O–H groups in total. The molecular formula is C22H34N4O2. The van der Waals surface area contributed by atoms with Crippen molar-refractivity contribution in [1.82, 2.24) is 15.6 Å². The van der Waals surface area contributed by atoms with E-state index in [2.05, 4.69) is 61.3 Å². The summed E-state index contributed by atoms with van der Waals surface area (Å²) in [4.78, 5) is 9.01. The maximum Gasteiger partial charge on any atom is 0.213 e. The molecule has 0 aliphatic carbocycles. The Morgan fingerprint density at radius 2 is 2.04 bits per heavy atom. The summed E-state index contributed by atoms with van der Waals surface area (Å²) in [6.07, 6.45) is 1.80. The van der Waals surface area contributed by atoms with Gasteiger partial charge >= 0.3 is 0 Å². The van der Waals surface area contributed by atoms with E-state index in [1.165, 1.54) is 0 Å². The molecule has 0 aliphatic rings. The zero-order chi connectivity index (χ0) is 20.6. The summed E-state index contributed by atoms with van der Waals surface area (Å²) in [7, 11) is 0. The molecule has 2 rings (SSSR count). The molecule has 28 heavy (non-hydrogen) atoms. The molecule has 0 radical (unpaired) electrons. The largest absolute Gasteiger partial charge is 0.493 e. The summed E-state index contributed by atoms with van der Waals surface area (Å²) in [6, 6.07) is 8.08. The first-order chi connectivity index (χ1) is 13.3. The number of nitrogens with one attached hydrogen (secondary N) is 2. The number of hydrogen-bond acceptors (Lipinski definition) is 4. The minimum absolute atomic E-state index is 0.0491. The fourth-order valence-electron chi connectivity index (χ4n) is 2.41. The highest BCUT2D eigenvalue weighted by Crippen LogP contribution is 2.22. The molecule has 2 aromatic rings. The van der Waals surface area contributed by atoms with Crippen molar-refractivity contribution in [2.75, 3.05) is 13.2 Å². The number of aliphatic imine (C=N–C) groups is 1. The van der Waals surface area contributed by atoms with Crippen molar-refractivity contribution in [3.05, 3.63) is 47.7 Å². The Bertz CT molecular complexity index is 760. The van der Waals surface area contributed by atoms with Gasteiger partial charge in [-0.25, -0.2) is 9.98 Å². The Balaban J connectivity index is 1.96. The van der Waals surface area contributed by atoms with Gasteiger partial charge in [0.2, 0.25) is 5.89 Å². The molecule has 1 aromatic carbocycles. The lowest BCUT2D eigenvalue weighted by atomic mass is 9.94. The normalized spacial score (nSPS) is 12.3. The third-order valence-electron chi connectivity index (χ3n) is 3.95. The second-order valence-corrected chi connectivity index (χ2v) is 8.27. The fraction of sp³-hybridized carbons (Fsp3) is 0.545. The molecule has 0 bridgehead atoms. The molecule has 1 heterocycles. The topological polar surface area (TPSA) is 71.7 Å². The van der Waals surface area contributed by atoms with Gasteiger partial charge in [0.25, 0.3) is 0 Å². The number of ether oxygens (including phenoxy) is 1. The Kier molecular flexibility index (Phi) is 7.91. The first kappa shape index (κ1) is 21.8. The van der Waals surface area contributed by atoms with Gasteiger partial charge < -0.3 is 19.8 Å². The van der Waals surface area contributed by atoms with Crippen molar-refractivity contribution in [1.29, 1.82) is 0 Å². The van der Waals surface area contributed by atoms with E-state index in [9.17, 15) is 0 Å². The third kappa shape index (κ3) is 7.25. The molecule has 0 unspecified atom stereocenters. The van der Waals surface area contributed by atoms with Gasteiger partial charge in [-0.15, -0.1) is 0 Å². The lowest BCUT2D eigenvalue weighted by Crippen LogP contribution is -2.36. The van der Waals surface area contributed by atoms with Crippen LogP contribution in [0, 0.1) is 5.92 Å². The highest BCUT2D eigenvalue weighted by atomic mass is 16.5. The predicted molar refractivity (Wildman–Crippen MR) is 114 cm³/mol. The summed E-state index contributed by atoms with van der Waals surface area (Å²) < 4.78 is 11.6. The highest BCUT2D eigenvalue weighted by molar-refractivity contribution is 5.79. The van der Waals surface area contributed by atoms with Crippen LogP contribution in [0.5, 0.6) is 5.75 Å². The van der Waals surface area contributed by atoms with Crippen LogP contribution in [0.15, 0.2) is 39.9 Å². The third-order valence-corrected chi connectivity index (χ3v) is 3.95. The molecule has 6 heteroatoms. The molecule has 1 aromatic heterocycles. The van der Waals surface area contributed by atoms with Crippen molar-refractivity contribution in [3.8, 4) is 5.75 Å². The van der Waals surface area contributed by atoms with Crippen LogP contribution < -0.4 is 15.4 Å². The summed E-state index contributed by atoms with van der Waals surface area (Å²) in [5.41, 5.74) is 1.05. The van der Waals surface area contributed by atoms with Gasteiger partial charge in [0.1, 0.15) is 11.5 Å². The Morgan fingerprint density at radius 3 is 2.68 bits per heavy atom. The van der Waals surface area contributed by atoms with Crippen LogP contribution in [0.3, 0.4) is 0 Å². The number of hydrogen-bond donors (Lipinski definition) is 2. The van der Waals surface area contributed by atoms with Crippen LogP contribution in [-0.2, 0) is 18.5 Å². The zero-order valence-electron chi connectivity index (χ0n) is 18.0. The zero-order valence-corrected chi connectivity index (χ0v) is 18.0. The van der Waals surface area contributed by atoms with Crippen molar-refractivity contribution in [2.45, 2.75) is 60.0 Å². The number of aromatic nitrogens is 1. The van der Waals surface area contributed by atoms with Crippen molar-refractivity contribution >= 4 is 5.96 Å². The Hall–Kier alpha value is -2.50. The summed E-state index contributed by atoms with van der Waals surface area (Å²) in [5, 5.41) is 6.53. The van der Waals surface area contributed by atoms with Crippen LogP contribution in [0.4, 0.5) is 0 Å². The van der Waals surface area contributed by atoms with E-state index in [1.54, 1.807) is 6.20 Å². The fourth-order valence-corrected chi connectivity index (χ4v) is 2.41. The summed E-state index contributed by atoms with van der Waals surface area (Å²) >= 11 is 0. The minimum atomic E-state index is -0.0491. The second-order valence-electron chi connectivity index (χ2n) is 8.27. The molecule has 0 aliphatic heterocycles. The van der Waals surface area contributed by atoms with Gasteiger partial charge in [0, 0.05) is 12.0 Å². The lowest BCUT2D eigenvalue weighted by Gasteiger charge is -2.13. The quantitative estimate of drug-likeness (QED) is 0.524. The van der Waals surface area contributed by atoms with Gasteiger partial charge in [-0.2, -0.15) is 0 Å². The molecule has 154 valence electrons. The lowest BCUT2D eigenvalue weighted by molar-refractivity contribution is 0.271. The van der Waals surface area contributed by atoms with Crippen LogP contribution in [0.1, 0.15) is 58.8 Å². The molecule has 0 spiro atoms. The average molecular weight is 387 g/mol. The average Bonchev–Trinajstić information content (AvgIpc) is 3.12. The highest BCUT2D eigenvalue weighted by Gasteiger charge is 2.19. The molecule has 0 atom stereocenters. The van der Waals surface area contributed by atoms with Gasteiger partial charge in [-0.3, -0.25) is 0 Å².